The Labute approximate surface area is 94.7 Å². The van der Waals surface area contributed by atoms with Gasteiger partial charge in [0.05, 0.1) is 11.7 Å². The second-order valence-electron chi connectivity index (χ2n) is 4.01. The summed E-state index contributed by atoms with van der Waals surface area (Å²) in [7, 11) is 0. The fourth-order valence-corrected chi connectivity index (χ4v) is 1.87. The number of carbonyl (C=O) groups excluding carboxylic acids is 1. The molecule has 4 heteroatoms. The molecule has 0 unspecified atom stereocenters. The molecule has 0 spiro atoms. The number of carbonyl (C=O) groups is 1. The largest absolute Gasteiger partial charge is 0.506 e. The molecule has 16 heavy (non-hydrogen) atoms. The molecule has 2 rings (SSSR count). The van der Waals surface area contributed by atoms with Crippen LogP contribution in [0.2, 0.25) is 0 Å². The molecule has 1 saturated heterocycles. The number of benzene rings is 1. The molecule has 0 aromatic heterocycles. The normalized spacial score (nSPS) is 20.4. The molecule has 0 radical (unpaired) electrons. The van der Waals surface area contributed by atoms with Crippen LogP contribution in [0.4, 0.5) is 5.69 Å². The van der Waals surface area contributed by atoms with Crippen LogP contribution in [-0.2, 0) is 4.79 Å². The smallest absolute Gasteiger partial charge is 0.241 e. The summed E-state index contributed by atoms with van der Waals surface area (Å²) in [6.45, 7) is 0.888. The van der Waals surface area contributed by atoms with Gasteiger partial charge in [0.2, 0.25) is 5.91 Å². The Morgan fingerprint density at radius 3 is 2.88 bits per heavy atom. The summed E-state index contributed by atoms with van der Waals surface area (Å²) < 4.78 is 0. The maximum atomic E-state index is 11.8. The first-order valence-corrected chi connectivity index (χ1v) is 5.59. The van der Waals surface area contributed by atoms with Crippen LogP contribution in [0.15, 0.2) is 24.3 Å². The standard InChI is InChI=1S/C12H16N2O2/c15-11-7-2-1-5-9(11)14-12(16)10-6-3-4-8-13-10/h1-2,5,7,10,13,15H,3-4,6,8H2,(H,14,16)/t10-/m1/s1. The average molecular weight is 220 g/mol. The van der Waals surface area contributed by atoms with Crippen molar-refractivity contribution in [2.75, 3.05) is 11.9 Å². The van der Waals surface area contributed by atoms with E-state index in [2.05, 4.69) is 10.6 Å². The molecule has 0 bridgehead atoms. The molecule has 0 aliphatic carbocycles. The van der Waals surface area contributed by atoms with E-state index in [4.69, 9.17) is 0 Å². The summed E-state index contributed by atoms with van der Waals surface area (Å²) in [6.07, 6.45) is 3.06. The van der Waals surface area contributed by atoms with Crippen LogP contribution in [0, 0.1) is 0 Å². The second kappa shape index (κ2) is 4.99. The predicted molar refractivity (Wildman–Crippen MR) is 62.4 cm³/mol. The number of rotatable bonds is 2. The molecule has 1 atom stereocenters. The highest BCUT2D eigenvalue weighted by Crippen LogP contribution is 2.22. The van der Waals surface area contributed by atoms with Gasteiger partial charge in [-0.15, -0.1) is 0 Å². The van der Waals surface area contributed by atoms with Crippen molar-refractivity contribution in [1.29, 1.82) is 0 Å². The van der Waals surface area contributed by atoms with E-state index in [1.807, 2.05) is 0 Å². The van der Waals surface area contributed by atoms with Gasteiger partial charge in [-0.05, 0) is 31.5 Å². The number of nitrogens with one attached hydrogen (secondary N) is 2. The van der Waals surface area contributed by atoms with E-state index in [1.54, 1.807) is 24.3 Å². The lowest BCUT2D eigenvalue weighted by Gasteiger charge is -2.22. The number of phenolic OH excluding ortho intramolecular Hbond substituents is 1. The molecule has 1 aliphatic rings. The van der Waals surface area contributed by atoms with Gasteiger partial charge in [-0.3, -0.25) is 4.79 Å². The summed E-state index contributed by atoms with van der Waals surface area (Å²) in [5.41, 5.74) is 0.472. The number of anilines is 1. The van der Waals surface area contributed by atoms with Gasteiger partial charge in [0.1, 0.15) is 5.75 Å². The molecule has 1 aliphatic heterocycles. The van der Waals surface area contributed by atoms with Crippen molar-refractivity contribution in [3.05, 3.63) is 24.3 Å². The molecular weight excluding hydrogens is 204 g/mol. The van der Waals surface area contributed by atoms with Crippen LogP contribution in [0.25, 0.3) is 0 Å². The van der Waals surface area contributed by atoms with Crippen molar-refractivity contribution in [1.82, 2.24) is 5.32 Å². The Hall–Kier alpha value is -1.55. The van der Waals surface area contributed by atoms with Crippen LogP contribution in [-0.4, -0.2) is 23.6 Å². The van der Waals surface area contributed by atoms with E-state index < -0.39 is 0 Å². The van der Waals surface area contributed by atoms with E-state index in [9.17, 15) is 9.90 Å². The minimum absolute atomic E-state index is 0.0683. The minimum Gasteiger partial charge on any atom is -0.506 e. The third kappa shape index (κ3) is 2.52. The number of amides is 1. The minimum atomic E-state index is -0.131. The van der Waals surface area contributed by atoms with Gasteiger partial charge < -0.3 is 15.7 Å². The van der Waals surface area contributed by atoms with Gasteiger partial charge in [0, 0.05) is 0 Å². The van der Waals surface area contributed by atoms with Gasteiger partial charge in [-0.1, -0.05) is 18.6 Å². The molecule has 1 aromatic rings. The molecule has 86 valence electrons. The number of aromatic hydroxyl groups is 1. The zero-order chi connectivity index (χ0) is 11.4. The number of hydrogen-bond donors (Lipinski definition) is 3. The Kier molecular flexibility index (Phi) is 3.41. The first-order valence-electron chi connectivity index (χ1n) is 5.59. The Bertz CT molecular complexity index is 373. The monoisotopic (exact) mass is 220 g/mol. The van der Waals surface area contributed by atoms with E-state index in [1.165, 1.54) is 0 Å². The molecular formula is C12H16N2O2. The van der Waals surface area contributed by atoms with Gasteiger partial charge in [0.25, 0.3) is 0 Å². The second-order valence-corrected chi connectivity index (χ2v) is 4.01. The molecule has 0 saturated carbocycles. The molecule has 4 nitrogen and oxygen atoms in total. The lowest BCUT2D eigenvalue weighted by atomic mass is 10.0. The highest BCUT2D eigenvalue weighted by atomic mass is 16.3. The fourth-order valence-electron chi connectivity index (χ4n) is 1.87. The van der Waals surface area contributed by atoms with Crippen molar-refractivity contribution >= 4 is 11.6 Å². The summed E-state index contributed by atoms with van der Waals surface area (Å²) in [6, 6.07) is 6.63. The average Bonchev–Trinajstić information content (AvgIpc) is 2.33. The van der Waals surface area contributed by atoms with Crippen molar-refractivity contribution in [3.8, 4) is 5.75 Å². The summed E-state index contributed by atoms with van der Waals surface area (Å²) in [5, 5.41) is 15.4. The van der Waals surface area contributed by atoms with Crippen LogP contribution in [0.1, 0.15) is 19.3 Å². The Balaban J connectivity index is 1.99. The van der Waals surface area contributed by atoms with Gasteiger partial charge >= 0.3 is 0 Å². The van der Waals surface area contributed by atoms with Gasteiger partial charge in [-0.2, -0.15) is 0 Å². The molecule has 1 amide bonds. The zero-order valence-electron chi connectivity index (χ0n) is 9.07. The van der Waals surface area contributed by atoms with Crippen molar-refractivity contribution < 1.29 is 9.90 Å². The number of piperidine rings is 1. The van der Waals surface area contributed by atoms with Crippen molar-refractivity contribution in [3.63, 3.8) is 0 Å². The maximum Gasteiger partial charge on any atom is 0.241 e. The molecule has 1 heterocycles. The van der Waals surface area contributed by atoms with Crippen molar-refractivity contribution in [2.45, 2.75) is 25.3 Å². The Morgan fingerprint density at radius 2 is 2.19 bits per heavy atom. The summed E-state index contributed by atoms with van der Waals surface area (Å²) in [5.74, 6) is 0.0351. The molecule has 3 N–H and O–H groups in total. The molecule has 1 aromatic carbocycles. The maximum absolute atomic E-state index is 11.8. The zero-order valence-corrected chi connectivity index (χ0v) is 9.07. The van der Waals surface area contributed by atoms with E-state index in [0.717, 1.165) is 25.8 Å². The highest BCUT2D eigenvalue weighted by molar-refractivity contribution is 5.96. The lowest BCUT2D eigenvalue weighted by Crippen LogP contribution is -2.43. The van der Waals surface area contributed by atoms with E-state index in [0.29, 0.717) is 5.69 Å². The lowest BCUT2D eigenvalue weighted by molar-refractivity contribution is -0.118. The van der Waals surface area contributed by atoms with Crippen LogP contribution in [0.5, 0.6) is 5.75 Å². The SMILES string of the molecule is O=C(Nc1ccccc1O)[C@H]1CCCCN1. The third-order valence-electron chi connectivity index (χ3n) is 2.79. The first-order chi connectivity index (χ1) is 7.77. The Morgan fingerprint density at radius 1 is 1.38 bits per heavy atom. The highest BCUT2D eigenvalue weighted by Gasteiger charge is 2.20. The predicted octanol–water partition coefficient (Wildman–Crippen LogP) is 1.47. The molecule has 1 fully saturated rings. The van der Waals surface area contributed by atoms with Crippen LogP contribution >= 0.6 is 0 Å². The van der Waals surface area contributed by atoms with Gasteiger partial charge in [0.15, 0.2) is 0 Å². The van der Waals surface area contributed by atoms with E-state index >= 15 is 0 Å². The van der Waals surface area contributed by atoms with Crippen LogP contribution < -0.4 is 10.6 Å². The quantitative estimate of drug-likeness (QED) is 0.661. The van der Waals surface area contributed by atoms with Crippen LogP contribution in [0.3, 0.4) is 0 Å². The number of para-hydroxylation sites is 2. The third-order valence-corrected chi connectivity index (χ3v) is 2.79. The first kappa shape index (κ1) is 11.0. The summed E-state index contributed by atoms with van der Waals surface area (Å²) >= 11 is 0. The van der Waals surface area contributed by atoms with Gasteiger partial charge in [-0.25, -0.2) is 0 Å². The topological polar surface area (TPSA) is 61.4 Å². The van der Waals surface area contributed by atoms with E-state index in [-0.39, 0.29) is 17.7 Å². The summed E-state index contributed by atoms with van der Waals surface area (Å²) in [4.78, 5) is 11.8. The number of hydrogen-bond acceptors (Lipinski definition) is 3. The fraction of sp³-hybridized carbons (Fsp3) is 0.417. The van der Waals surface area contributed by atoms with Crippen molar-refractivity contribution in [2.24, 2.45) is 0 Å². The number of phenols is 1.